The molecule has 2 aliphatic heterocycles. The number of anilines is 2. The molecule has 13 nitrogen and oxygen atoms in total. The molecule has 14 heteroatoms. The molecule has 4 amide bonds. The van der Waals surface area contributed by atoms with Gasteiger partial charge in [-0.05, 0) is 54.7 Å². The van der Waals surface area contributed by atoms with Crippen molar-refractivity contribution in [3.63, 3.8) is 0 Å². The van der Waals surface area contributed by atoms with Crippen LogP contribution in [-0.2, 0) is 19.9 Å². The van der Waals surface area contributed by atoms with Crippen LogP contribution in [0.15, 0.2) is 77.2 Å². The van der Waals surface area contributed by atoms with E-state index in [1.807, 2.05) is 85.2 Å². The molecule has 0 saturated carbocycles. The van der Waals surface area contributed by atoms with Crippen molar-refractivity contribution in [2.45, 2.75) is 25.8 Å². The van der Waals surface area contributed by atoms with Crippen LogP contribution in [0.1, 0.15) is 34.7 Å². The molecule has 0 bridgehead atoms. The first-order valence-electron chi connectivity index (χ1n) is 15.6. The van der Waals surface area contributed by atoms with Gasteiger partial charge in [-0.2, -0.15) is 10.2 Å². The van der Waals surface area contributed by atoms with E-state index in [0.717, 1.165) is 23.6 Å². The zero-order chi connectivity index (χ0) is 35.2. The second-order valence-corrected chi connectivity index (χ2v) is 11.5. The number of hydrogen-bond acceptors (Lipinski definition) is 8. The zero-order valence-electron chi connectivity index (χ0n) is 28.3. The molecule has 1 unspecified atom stereocenters. The minimum Gasteiger partial charge on any atom is -0.493 e. The van der Waals surface area contributed by atoms with Crippen LogP contribution in [0.3, 0.4) is 0 Å². The van der Waals surface area contributed by atoms with Gasteiger partial charge < -0.3 is 30.0 Å². The monoisotopic (exact) mass is 669 g/mol. The quantitative estimate of drug-likeness (QED) is 0.317. The molecule has 49 heavy (non-hydrogen) atoms. The van der Waals surface area contributed by atoms with E-state index in [4.69, 9.17) is 15.2 Å². The molecule has 256 valence electrons. The van der Waals surface area contributed by atoms with Crippen molar-refractivity contribution >= 4 is 35.6 Å². The SMILES string of the molecule is CNC(=O)N1N=C(c2ccc(N(C)c3nccn3C)cc2)c2c(cc(OC)c(OC)c2F)CC1C.NC(=O)N1CCc2ccccc2C=N1. The first kappa shape index (κ1) is 34.4. The molecule has 3 heterocycles. The van der Waals surface area contributed by atoms with E-state index in [-0.39, 0.29) is 29.1 Å². The average Bonchev–Trinajstić information content (AvgIpc) is 3.33. The molecule has 3 aromatic carbocycles. The minimum absolute atomic E-state index is 0.00821. The lowest BCUT2D eigenvalue weighted by atomic mass is 9.93. The fourth-order valence-corrected chi connectivity index (χ4v) is 5.75. The number of ether oxygens (including phenoxy) is 2. The van der Waals surface area contributed by atoms with Crippen LogP contribution in [0, 0.1) is 5.82 Å². The van der Waals surface area contributed by atoms with Crippen molar-refractivity contribution in [1.82, 2.24) is 24.9 Å². The molecule has 0 aliphatic carbocycles. The number of aromatic nitrogens is 2. The molecule has 0 spiro atoms. The van der Waals surface area contributed by atoms with E-state index in [9.17, 15) is 9.59 Å². The Morgan fingerprint density at radius 3 is 2.45 bits per heavy atom. The van der Waals surface area contributed by atoms with Crippen LogP contribution in [-0.4, -0.2) is 84.5 Å². The number of benzene rings is 3. The predicted octanol–water partition coefficient (Wildman–Crippen LogP) is 4.64. The number of urea groups is 2. The zero-order valence-corrected chi connectivity index (χ0v) is 28.3. The van der Waals surface area contributed by atoms with Gasteiger partial charge in [0.25, 0.3) is 0 Å². The number of halogens is 1. The summed E-state index contributed by atoms with van der Waals surface area (Å²) in [6.07, 6.45) is 6.45. The second-order valence-electron chi connectivity index (χ2n) is 11.5. The van der Waals surface area contributed by atoms with Crippen LogP contribution in [0.2, 0.25) is 0 Å². The van der Waals surface area contributed by atoms with E-state index in [0.29, 0.717) is 29.8 Å². The lowest BCUT2D eigenvalue weighted by molar-refractivity contribution is 0.184. The number of hydrazone groups is 2. The Bertz CT molecular complexity index is 1890. The molecule has 1 aromatic heterocycles. The minimum atomic E-state index is -0.583. The molecule has 0 radical (unpaired) electrons. The van der Waals surface area contributed by atoms with Crippen LogP contribution < -0.4 is 25.4 Å². The van der Waals surface area contributed by atoms with Gasteiger partial charge in [0.15, 0.2) is 17.3 Å². The Morgan fingerprint density at radius 2 is 1.82 bits per heavy atom. The van der Waals surface area contributed by atoms with E-state index in [1.54, 1.807) is 18.5 Å². The molecule has 0 fully saturated rings. The molecule has 3 N–H and O–H groups in total. The molecule has 1 atom stereocenters. The van der Waals surface area contributed by atoms with Crippen molar-refractivity contribution < 1.29 is 23.5 Å². The third-order valence-corrected chi connectivity index (χ3v) is 8.35. The van der Waals surface area contributed by atoms with Crippen molar-refractivity contribution in [3.8, 4) is 11.5 Å². The number of carbonyl (C=O) groups is 2. The maximum Gasteiger partial charge on any atom is 0.337 e. The highest BCUT2D eigenvalue weighted by Crippen LogP contribution is 2.38. The fraction of sp³-hybridized carbons (Fsp3) is 0.286. The predicted molar refractivity (Wildman–Crippen MR) is 186 cm³/mol. The fourth-order valence-electron chi connectivity index (χ4n) is 5.75. The number of amides is 4. The number of aryl methyl sites for hydroxylation is 1. The van der Waals surface area contributed by atoms with Gasteiger partial charge in [-0.3, -0.25) is 0 Å². The highest BCUT2D eigenvalue weighted by molar-refractivity contribution is 6.15. The first-order chi connectivity index (χ1) is 23.6. The smallest absolute Gasteiger partial charge is 0.337 e. The lowest BCUT2D eigenvalue weighted by Gasteiger charge is -2.22. The maximum atomic E-state index is 15.9. The largest absolute Gasteiger partial charge is 0.493 e. The van der Waals surface area contributed by atoms with Gasteiger partial charge in [-0.25, -0.2) is 29.0 Å². The summed E-state index contributed by atoms with van der Waals surface area (Å²) in [6.45, 7) is 2.41. The number of primary amides is 1. The topological polar surface area (TPSA) is 143 Å². The molecular formula is C35H40FN9O4. The lowest BCUT2D eigenvalue weighted by Crippen LogP contribution is -2.41. The summed E-state index contributed by atoms with van der Waals surface area (Å²) in [5.74, 6) is 0.472. The number of nitrogens with one attached hydrogen (secondary N) is 1. The number of rotatable bonds is 5. The summed E-state index contributed by atoms with van der Waals surface area (Å²) >= 11 is 0. The highest BCUT2D eigenvalue weighted by Gasteiger charge is 2.32. The Hall–Kier alpha value is -5.92. The van der Waals surface area contributed by atoms with Gasteiger partial charge in [0, 0.05) is 50.4 Å². The molecule has 0 saturated heterocycles. The molecule has 6 rings (SSSR count). The van der Waals surface area contributed by atoms with Gasteiger partial charge in [0.1, 0.15) is 5.71 Å². The van der Waals surface area contributed by atoms with E-state index < -0.39 is 11.8 Å². The molecular weight excluding hydrogens is 629 g/mol. The summed E-state index contributed by atoms with van der Waals surface area (Å²) in [5, 5.41) is 13.9. The van der Waals surface area contributed by atoms with Crippen molar-refractivity contribution in [2.24, 2.45) is 23.0 Å². The standard InChI is InChI=1S/C25H29FN6O3.C10H11N3O/c1-15-13-17-14-19(34-5)23(35-6)21(26)20(17)22(29-32(15)25(33)27-2)16-7-9-18(10-8-16)31(4)24-28-11-12-30(24)3;11-10(14)13-6-5-8-3-1-2-4-9(8)7-12-13/h7-12,14-15H,13H2,1-6H3,(H,27,33);1-4,7H,5-6H2,(H2,11,14). The Labute approximate surface area is 284 Å². The van der Waals surface area contributed by atoms with E-state index in [1.165, 1.54) is 36.8 Å². The third kappa shape index (κ3) is 7.17. The van der Waals surface area contributed by atoms with Crippen LogP contribution in [0.5, 0.6) is 11.5 Å². The summed E-state index contributed by atoms with van der Waals surface area (Å²) < 4.78 is 28.5. The van der Waals surface area contributed by atoms with Crippen molar-refractivity contribution in [1.29, 1.82) is 0 Å². The van der Waals surface area contributed by atoms with Crippen molar-refractivity contribution in [2.75, 3.05) is 39.8 Å². The van der Waals surface area contributed by atoms with Crippen LogP contribution in [0.25, 0.3) is 0 Å². The summed E-state index contributed by atoms with van der Waals surface area (Å²) in [4.78, 5) is 29.9. The molecule has 2 aliphatic rings. The number of methoxy groups -OCH3 is 2. The highest BCUT2D eigenvalue weighted by atomic mass is 19.1. The number of nitrogens with two attached hydrogens (primary N) is 1. The van der Waals surface area contributed by atoms with E-state index >= 15 is 4.39 Å². The van der Waals surface area contributed by atoms with Crippen molar-refractivity contribution in [3.05, 3.63) is 101 Å². The van der Waals surface area contributed by atoms with Gasteiger partial charge in [0.05, 0.1) is 33.0 Å². The molecule has 4 aromatic rings. The summed E-state index contributed by atoms with van der Waals surface area (Å²) in [6, 6.07) is 16.0. The summed E-state index contributed by atoms with van der Waals surface area (Å²) in [7, 11) is 8.23. The third-order valence-electron chi connectivity index (χ3n) is 8.35. The number of fused-ring (bicyclic) bond motifs is 2. The number of hydrogen-bond donors (Lipinski definition) is 2. The van der Waals surface area contributed by atoms with E-state index in [2.05, 4.69) is 20.5 Å². The second kappa shape index (κ2) is 14.9. The first-order valence-corrected chi connectivity index (χ1v) is 15.6. The van der Waals surface area contributed by atoms with Crippen LogP contribution in [0.4, 0.5) is 25.6 Å². The number of carbonyl (C=O) groups excluding carboxylic acids is 2. The Morgan fingerprint density at radius 1 is 1.08 bits per heavy atom. The maximum absolute atomic E-state index is 15.9. The van der Waals surface area contributed by atoms with Gasteiger partial charge >= 0.3 is 12.1 Å². The van der Waals surface area contributed by atoms with Gasteiger partial charge in [-0.1, -0.05) is 36.4 Å². The Balaban J connectivity index is 0.000000278. The van der Waals surface area contributed by atoms with Crippen LogP contribution >= 0.6 is 0 Å². The summed E-state index contributed by atoms with van der Waals surface area (Å²) in [5.41, 5.74) is 10.2. The number of nitrogens with zero attached hydrogens (tertiary/aromatic N) is 7. The average molecular weight is 670 g/mol. The Kier molecular flexibility index (Phi) is 10.5. The number of imidazole rings is 1. The van der Waals surface area contributed by atoms with Gasteiger partial charge in [0.2, 0.25) is 5.95 Å². The normalized spacial score (nSPS) is 15.0. The van der Waals surface area contributed by atoms with Gasteiger partial charge in [-0.15, -0.1) is 0 Å².